The smallest absolute Gasteiger partial charge is 0.240 e. The van der Waals surface area contributed by atoms with E-state index in [1.54, 1.807) is 26.2 Å². The van der Waals surface area contributed by atoms with Crippen LogP contribution in [0.5, 0.6) is 5.75 Å². The monoisotopic (exact) mass is 390 g/mol. The molecule has 0 radical (unpaired) electrons. The average molecular weight is 391 g/mol. The molecule has 0 saturated carbocycles. The van der Waals surface area contributed by atoms with Gasteiger partial charge in [0.1, 0.15) is 5.75 Å². The molecule has 0 aliphatic heterocycles. The number of nitrogens with one attached hydrogen (secondary N) is 2. The number of sulfonamides is 1. The van der Waals surface area contributed by atoms with Gasteiger partial charge >= 0.3 is 0 Å². The second-order valence-corrected chi connectivity index (χ2v) is 8.18. The van der Waals surface area contributed by atoms with E-state index >= 15 is 0 Å². The highest BCUT2D eigenvalue weighted by atomic mass is 32.2. The lowest BCUT2D eigenvalue weighted by Crippen LogP contribution is -2.32. The Kier molecular flexibility index (Phi) is 6.98. The van der Waals surface area contributed by atoms with Crippen molar-refractivity contribution in [3.63, 3.8) is 0 Å². The number of amides is 1. The Morgan fingerprint density at radius 1 is 1.15 bits per heavy atom. The van der Waals surface area contributed by atoms with Gasteiger partial charge in [-0.15, -0.1) is 0 Å². The molecule has 27 heavy (non-hydrogen) atoms. The normalized spacial score (nSPS) is 12.4. The fourth-order valence-corrected chi connectivity index (χ4v) is 4.15. The molecule has 0 unspecified atom stereocenters. The lowest BCUT2D eigenvalue weighted by molar-refractivity contribution is -0.121. The van der Waals surface area contributed by atoms with Crippen LogP contribution in [0.2, 0.25) is 0 Å². The number of benzene rings is 2. The zero-order valence-corrected chi connectivity index (χ0v) is 16.9. The second-order valence-electron chi connectivity index (χ2n) is 6.45. The van der Waals surface area contributed by atoms with Gasteiger partial charge in [0.2, 0.25) is 15.9 Å². The van der Waals surface area contributed by atoms with Crippen molar-refractivity contribution in [2.24, 2.45) is 0 Å². The first-order valence-corrected chi connectivity index (χ1v) is 10.2. The number of carbonyl (C=O) groups excluding carboxylic acids is 1. The SMILES string of the molecule is COc1ccccc1[C@H](C)NC(=O)CCNS(=O)(=O)c1ccc(C)cc1C. The standard InChI is InChI=1S/C20H26N2O4S/c1-14-9-10-19(15(2)13-14)27(24,25)21-12-11-20(23)22-16(3)17-7-5-6-8-18(17)26-4/h5-10,13,16,21H,11-12H2,1-4H3,(H,22,23)/t16-/m0/s1. The van der Waals surface area contributed by atoms with Crippen molar-refractivity contribution in [1.82, 2.24) is 10.0 Å². The van der Waals surface area contributed by atoms with Crippen LogP contribution in [0.1, 0.15) is 36.1 Å². The minimum atomic E-state index is -3.64. The average Bonchev–Trinajstić information content (AvgIpc) is 2.61. The van der Waals surface area contributed by atoms with Gasteiger partial charge in [-0.05, 0) is 38.5 Å². The molecule has 0 spiro atoms. The van der Waals surface area contributed by atoms with E-state index < -0.39 is 10.0 Å². The minimum absolute atomic E-state index is 0.0279. The highest BCUT2D eigenvalue weighted by molar-refractivity contribution is 7.89. The van der Waals surface area contributed by atoms with Crippen LogP contribution in [0.25, 0.3) is 0 Å². The van der Waals surface area contributed by atoms with Crippen LogP contribution in [0.3, 0.4) is 0 Å². The van der Waals surface area contributed by atoms with Crippen LogP contribution < -0.4 is 14.8 Å². The van der Waals surface area contributed by atoms with Gasteiger partial charge in [-0.25, -0.2) is 13.1 Å². The van der Waals surface area contributed by atoms with Gasteiger partial charge in [-0.2, -0.15) is 0 Å². The molecule has 0 heterocycles. The van der Waals surface area contributed by atoms with Crippen LogP contribution in [0, 0.1) is 13.8 Å². The van der Waals surface area contributed by atoms with Crippen LogP contribution in [-0.2, 0) is 14.8 Å². The Morgan fingerprint density at radius 2 is 1.85 bits per heavy atom. The largest absolute Gasteiger partial charge is 0.496 e. The Morgan fingerprint density at radius 3 is 2.52 bits per heavy atom. The first-order chi connectivity index (χ1) is 12.7. The number of rotatable bonds is 8. The van der Waals surface area contributed by atoms with Crippen LogP contribution >= 0.6 is 0 Å². The van der Waals surface area contributed by atoms with Crippen LogP contribution in [0.15, 0.2) is 47.4 Å². The fourth-order valence-electron chi connectivity index (χ4n) is 2.89. The number of hydrogen-bond donors (Lipinski definition) is 2. The van der Waals surface area contributed by atoms with Gasteiger partial charge < -0.3 is 10.1 Å². The van der Waals surface area contributed by atoms with E-state index in [9.17, 15) is 13.2 Å². The van der Waals surface area contributed by atoms with Crippen molar-refractivity contribution < 1.29 is 17.9 Å². The number of aryl methyl sites for hydroxylation is 2. The van der Waals surface area contributed by atoms with Crippen molar-refractivity contribution >= 4 is 15.9 Å². The molecule has 0 aromatic heterocycles. The van der Waals surface area contributed by atoms with E-state index in [1.165, 1.54) is 0 Å². The molecule has 2 aromatic rings. The Bertz CT molecular complexity index is 910. The molecule has 1 amide bonds. The summed E-state index contributed by atoms with van der Waals surface area (Å²) < 4.78 is 32.6. The molecular weight excluding hydrogens is 364 g/mol. The molecule has 2 rings (SSSR count). The van der Waals surface area contributed by atoms with Crippen molar-refractivity contribution in [2.45, 2.75) is 38.1 Å². The third-order valence-electron chi connectivity index (χ3n) is 4.25. The molecule has 7 heteroatoms. The summed E-state index contributed by atoms with van der Waals surface area (Å²) in [5, 5.41) is 2.86. The van der Waals surface area contributed by atoms with E-state index in [1.807, 2.05) is 44.2 Å². The topological polar surface area (TPSA) is 84.5 Å². The van der Waals surface area contributed by atoms with Gasteiger partial charge in [0.15, 0.2) is 0 Å². The third-order valence-corrected chi connectivity index (χ3v) is 5.87. The van der Waals surface area contributed by atoms with E-state index in [0.717, 1.165) is 11.1 Å². The third kappa shape index (κ3) is 5.55. The molecule has 1 atom stereocenters. The van der Waals surface area contributed by atoms with Crippen LogP contribution in [0.4, 0.5) is 0 Å². The summed E-state index contributed by atoms with van der Waals surface area (Å²) in [4.78, 5) is 12.4. The first kappa shape index (κ1) is 20.9. The predicted octanol–water partition coefficient (Wildman–Crippen LogP) is 2.86. The summed E-state index contributed by atoms with van der Waals surface area (Å²) in [7, 11) is -2.07. The lowest BCUT2D eigenvalue weighted by atomic mass is 10.1. The van der Waals surface area contributed by atoms with E-state index in [0.29, 0.717) is 11.3 Å². The molecule has 0 bridgehead atoms. The summed E-state index contributed by atoms with van der Waals surface area (Å²) >= 11 is 0. The zero-order valence-electron chi connectivity index (χ0n) is 16.1. The number of methoxy groups -OCH3 is 1. The van der Waals surface area contributed by atoms with Gasteiger partial charge in [0.25, 0.3) is 0 Å². The van der Waals surface area contributed by atoms with Crippen molar-refractivity contribution in [3.05, 3.63) is 59.2 Å². The number of ether oxygens (including phenoxy) is 1. The Balaban J connectivity index is 1.92. The van der Waals surface area contributed by atoms with Crippen LogP contribution in [-0.4, -0.2) is 28.0 Å². The first-order valence-electron chi connectivity index (χ1n) is 8.74. The van der Waals surface area contributed by atoms with Gasteiger partial charge in [-0.3, -0.25) is 4.79 Å². The number of carbonyl (C=O) groups is 1. The highest BCUT2D eigenvalue weighted by Crippen LogP contribution is 2.24. The predicted molar refractivity (Wildman–Crippen MR) is 105 cm³/mol. The Hall–Kier alpha value is -2.38. The summed E-state index contributed by atoms with van der Waals surface area (Å²) in [5.41, 5.74) is 2.54. The molecule has 0 aliphatic rings. The molecular formula is C20H26N2O4S. The van der Waals surface area contributed by atoms with Gasteiger partial charge in [0.05, 0.1) is 18.0 Å². The highest BCUT2D eigenvalue weighted by Gasteiger charge is 2.18. The van der Waals surface area contributed by atoms with Crippen molar-refractivity contribution in [1.29, 1.82) is 0 Å². The molecule has 0 fully saturated rings. The van der Waals surface area contributed by atoms with Gasteiger partial charge in [0, 0.05) is 18.5 Å². The zero-order chi connectivity index (χ0) is 20.0. The van der Waals surface area contributed by atoms with Crippen molar-refractivity contribution in [2.75, 3.05) is 13.7 Å². The molecule has 2 aromatic carbocycles. The summed E-state index contributed by atoms with van der Waals surface area (Å²) in [6.07, 6.45) is 0.0453. The summed E-state index contributed by atoms with van der Waals surface area (Å²) in [6, 6.07) is 12.3. The van der Waals surface area contributed by atoms with Gasteiger partial charge in [-0.1, -0.05) is 35.9 Å². The van der Waals surface area contributed by atoms with Crippen molar-refractivity contribution in [3.8, 4) is 5.75 Å². The molecule has 6 nitrogen and oxygen atoms in total. The van der Waals surface area contributed by atoms with E-state index in [-0.39, 0.29) is 29.8 Å². The summed E-state index contributed by atoms with van der Waals surface area (Å²) in [6.45, 7) is 5.54. The number of hydrogen-bond acceptors (Lipinski definition) is 4. The molecule has 146 valence electrons. The number of para-hydroxylation sites is 1. The maximum absolute atomic E-state index is 12.4. The Labute approximate surface area is 161 Å². The minimum Gasteiger partial charge on any atom is -0.496 e. The lowest BCUT2D eigenvalue weighted by Gasteiger charge is -2.17. The van der Waals surface area contributed by atoms with E-state index in [4.69, 9.17) is 4.74 Å². The quantitative estimate of drug-likeness (QED) is 0.726. The summed E-state index contributed by atoms with van der Waals surface area (Å²) in [5.74, 6) is 0.456. The maximum Gasteiger partial charge on any atom is 0.240 e. The fraction of sp³-hybridized carbons (Fsp3) is 0.350. The maximum atomic E-state index is 12.4. The van der Waals surface area contributed by atoms with E-state index in [2.05, 4.69) is 10.0 Å². The molecule has 0 saturated heterocycles. The molecule has 0 aliphatic carbocycles. The second kappa shape index (κ2) is 9.01. The molecule has 2 N–H and O–H groups in total.